The summed E-state index contributed by atoms with van der Waals surface area (Å²) in [5.74, 6) is 0. The van der Waals surface area contributed by atoms with Crippen LogP contribution in [0.5, 0.6) is 0 Å². The molecule has 1 aliphatic rings. The van der Waals surface area contributed by atoms with Crippen LogP contribution < -0.4 is 16.0 Å². The third kappa shape index (κ3) is 9.42. The van der Waals surface area contributed by atoms with Crippen LogP contribution in [-0.2, 0) is 0 Å². The minimum Gasteiger partial charge on any atom is -0.383 e. The number of benzene rings is 1. The molecule has 1 unspecified atom stereocenters. The summed E-state index contributed by atoms with van der Waals surface area (Å²) in [7, 11) is 0. The Bertz CT molecular complexity index is 560. The summed E-state index contributed by atoms with van der Waals surface area (Å²) in [6.07, 6.45) is 13.2. The van der Waals surface area contributed by atoms with E-state index in [2.05, 4.69) is 81.8 Å². The summed E-state index contributed by atoms with van der Waals surface area (Å²) in [5.41, 5.74) is 2.81. The molecule has 1 atom stereocenters. The van der Waals surface area contributed by atoms with Crippen molar-refractivity contribution in [1.82, 2.24) is 5.32 Å². The normalized spacial score (nSPS) is 19.7. The number of nitrogens with one attached hydrogen (secondary N) is 3. The molecule has 0 amide bonds. The van der Waals surface area contributed by atoms with Crippen molar-refractivity contribution >= 4 is 11.4 Å². The van der Waals surface area contributed by atoms with E-state index in [1.54, 1.807) is 0 Å². The van der Waals surface area contributed by atoms with E-state index in [-0.39, 0.29) is 11.1 Å². The summed E-state index contributed by atoms with van der Waals surface area (Å²) in [6, 6.07) is 9.95. The van der Waals surface area contributed by atoms with Crippen molar-refractivity contribution in [2.45, 2.75) is 129 Å². The van der Waals surface area contributed by atoms with Gasteiger partial charge in [0.05, 0.1) is 0 Å². The minimum atomic E-state index is 0.173. The molecule has 3 heteroatoms. The van der Waals surface area contributed by atoms with Crippen molar-refractivity contribution in [2.24, 2.45) is 0 Å². The molecular weight excluding hydrogens is 354 g/mol. The number of rotatable bonds is 12. The smallest absolute Gasteiger partial charge is 0.0343 e. The van der Waals surface area contributed by atoms with Crippen molar-refractivity contribution in [3.8, 4) is 0 Å². The minimum absolute atomic E-state index is 0.173. The first kappa shape index (κ1) is 24.1. The van der Waals surface area contributed by atoms with Gasteiger partial charge in [0.1, 0.15) is 0 Å². The number of hydrogen-bond acceptors (Lipinski definition) is 3. The molecule has 1 aromatic rings. The summed E-state index contributed by atoms with van der Waals surface area (Å²) >= 11 is 0. The SMILES string of the molecule is CCCCCCCCCC(C)Nc1ccc(NC2CC(C)(C)NC(C)(C)C2)cc1. The fraction of sp³-hybridized carbons (Fsp3) is 0.769. The fourth-order valence-corrected chi connectivity index (χ4v) is 5.09. The summed E-state index contributed by atoms with van der Waals surface area (Å²) in [4.78, 5) is 0. The second kappa shape index (κ2) is 11.2. The number of anilines is 2. The van der Waals surface area contributed by atoms with Crippen LogP contribution in [0.3, 0.4) is 0 Å². The molecule has 29 heavy (non-hydrogen) atoms. The second-order valence-corrected chi connectivity index (χ2v) is 10.7. The molecule has 0 aliphatic carbocycles. The predicted molar refractivity (Wildman–Crippen MR) is 130 cm³/mol. The highest BCUT2D eigenvalue weighted by Crippen LogP contribution is 2.30. The molecule has 2 rings (SSSR count). The monoisotopic (exact) mass is 401 g/mol. The average Bonchev–Trinajstić information content (AvgIpc) is 2.60. The Morgan fingerprint density at radius 3 is 1.97 bits per heavy atom. The van der Waals surface area contributed by atoms with E-state index >= 15 is 0 Å². The van der Waals surface area contributed by atoms with Crippen LogP contribution in [0.1, 0.15) is 106 Å². The molecule has 0 radical (unpaired) electrons. The molecule has 1 saturated heterocycles. The van der Waals surface area contributed by atoms with E-state index < -0.39 is 0 Å². The van der Waals surface area contributed by atoms with E-state index in [9.17, 15) is 0 Å². The highest BCUT2D eigenvalue weighted by Gasteiger charge is 2.37. The van der Waals surface area contributed by atoms with Crippen LogP contribution in [0.2, 0.25) is 0 Å². The second-order valence-electron chi connectivity index (χ2n) is 10.7. The highest BCUT2D eigenvalue weighted by molar-refractivity contribution is 5.54. The quantitative estimate of drug-likeness (QED) is 0.320. The first-order chi connectivity index (χ1) is 13.7. The topological polar surface area (TPSA) is 36.1 Å². The lowest BCUT2D eigenvalue weighted by Gasteiger charge is -2.47. The van der Waals surface area contributed by atoms with Gasteiger partial charge < -0.3 is 16.0 Å². The number of piperidine rings is 1. The number of hydrogen-bond donors (Lipinski definition) is 3. The van der Waals surface area contributed by atoms with Gasteiger partial charge in [0.25, 0.3) is 0 Å². The van der Waals surface area contributed by atoms with Gasteiger partial charge >= 0.3 is 0 Å². The van der Waals surface area contributed by atoms with Crippen molar-refractivity contribution in [1.29, 1.82) is 0 Å². The average molecular weight is 402 g/mol. The standard InChI is InChI=1S/C26H47N3/c1-7-8-9-10-11-12-13-14-21(2)27-22-15-17-23(18-16-22)28-24-19-25(3,4)29-26(5,6)20-24/h15-18,21,24,27-29H,7-14,19-20H2,1-6H3. The molecule has 1 heterocycles. The molecule has 3 N–H and O–H groups in total. The van der Waals surface area contributed by atoms with E-state index in [0.29, 0.717) is 12.1 Å². The van der Waals surface area contributed by atoms with Gasteiger partial charge in [-0.2, -0.15) is 0 Å². The molecule has 1 aliphatic heterocycles. The zero-order valence-corrected chi connectivity index (χ0v) is 20.0. The molecular formula is C26H47N3. The zero-order chi connectivity index (χ0) is 21.3. The molecule has 166 valence electrons. The lowest BCUT2D eigenvalue weighted by Crippen LogP contribution is -2.60. The van der Waals surface area contributed by atoms with Gasteiger partial charge in [-0.3, -0.25) is 0 Å². The molecule has 1 fully saturated rings. The van der Waals surface area contributed by atoms with E-state index in [0.717, 1.165) is 12.8 Å². The zero-order valence-electron chi connectivity index (χ0n) is 20.0. The Labute approximate surface area is 180 Å². The molecule has 0 saturated carbocycles. The maximum Gasteiger partial charge on any atom is 0.0343 e. The van der Waals surface area contributed by atoms with Gasteiger partial charge in [-0.1, -0.05) is 51.9 Å². The molecule has 0 aromatic heterocycles. The van der Waals surface area contributed by atoms with Crippen LogP contribution >= 0.6 is 0 Å². The highest BCUT2D eigenvalue weighted by atomic mass is 15.1. The van der Waals surface area contributed by atoms with Crippen LogP contribution in [0.25, 0.3) is 0 Å². The summed E-state index contributed by atoms with van der Waals surface area (Å²) in [6.45, 7) is 13.8. The maximum absolute atomic E-state index is 3.77. The summed E-state index contributed by atoms with van der Waals surface area (Å²) < 4.78 is 0. The van der Waals surface area contributed by atoms with Gasteiger partial charge in [0.2, 0.25) is 0 Å². The van der Waals surface area contributed by atoms with Crippen LogP contribution in [0.4, 0.5) is 11.4 Å². The van der Waals surface area contributed by atoms with Gasteiger partial charge in [0, 0.05) is 34.5 Å². The molecule has 3 nitrogen and oxygen atoms in total. The first-order valence-corrected chi connectivity index (χ1v) is 12.1. The Hall–Kier alpha value is -1.22. The Morgan fingerprint density at radius 1 is 0.862 bits per heavy atom. The van der Waals surface area contributed by atoms with Crippen LogP contribution in [0, 0.1) is 0 Å². The van der Waals surface area contributed by atoms with Crippen LogP contribution in [0.15, 0.2) is 24.3 Å². The van der Waals surface area contributed by atoms with Gasteiger partial charge in [-0.05, 0) is 78.1 Å². The van der Waals surface area contributed by atoms with E-state index in [1.165, 1.54) is 62.7 Å². The van der Waals surface area contributed by atoms with Crippen molar-refractivity contribution < 1.29 is 0 Å². The molecule has 0 bridgehead atoms. The first-order valence-electron chi connectivity index (χ1n) is 12.1. The third-order valence-corrected chi connectivity index (χ3v) is 6.10. The Balaban J connectivity index is 1.71. The predicted octanol–water partition coefficient (Wildman–Crippen LogP) is 7.35. The Kier molecular flexibility index (Phi) is 9.33. The van der Waals surface area contributed by atoms with E-state index in [4.69, 9.17) is 0 Å². The molecule has 1 aromatic carbocycles. The van der Waals surface area contributed by atoms with Crippen molar-refractivity contribution in [3.63, 3.8) is 0 Å². The molecule has 0 spiro atoms. The lowest BCUT2D eigenvalue weighted by molar-refractivity contribution is 0.170. The lowest BCUT2D eigenvalue weighted by atomic mass is 9.79. The maximum atomic E-state index is 3.77. The van der Waals surface area contributed by atoms with Gasteiger partial charge in [-0.25, -0.2) is 0 Å². The van der Waals surface area contributed by atoms with Gasteiger partial charge in [-0.15, -0.1) is 0 Å². The number of unbranched alkanes of at least 4 members (excludes halogenated alkanes) is 6. The fourth-order valence-electron chi connectivity index (χ4n) is 5.09. The third-order valence-electron chi connectivity index (χ3n) is 6.10. The summed E-state index contributed by atoms with van der Waals surface area (Å²) in [5, 5.41) is 11.2. The van der Waals surface area contributed by atoms with Crippen molar-refractivity contribution in [2.75, 3.05) is 10.6 Å². The van der Waals surface area contributed by atoms with Gasteiger partial charge in [0.15, 0.2) is 0 Å². The Morgan fingerprint density at radius 2 is 1.38 bits per heavy atom. The van der Waals surface area contributed by atoms with Crippen LogP contribution in [-0.4, -0.2) is 23.2 Å². The largest absolute Gasteiger partial charge is 0.383 e. The van der Waals surface area contributed by atoms with Crippen molar-refractivity contribution in [3.05, 3.63) is 24.3 Å². The van der Waals surface area contributed by atoms with E-state index in [1.807, 2.05) is 0 Å².